The molecule has 0 saturated heterocycles. The molecular weight excluding hydrogens is 272 g/mol. The molecule has 0 unspecified atom stereocenters. The summed E-state index contributed by atoms with van der Waals surface area (Å²) in [5, 5.41) is 0. The molecule has 0 spiro atoms. The van der Waals surface area contributed by atoms with Crippen molar-refractivity contribution in [3.05, 3.63) is 35.7 Å². The lowest BCUT2D eigenvalue weighted by Gasteiger charge is -2.25. The SMILES string of the molecule is CCCc1nc(-c2cc(F)ccc2F)c(N)n1C(C)(C)C. The van der Waals surface area contributed by atoms with E-state index in [1.165, 1.54) is 0 Å². The van der Waals surface area contributed by atoms with Crippen LogP contribution >= 0.6 is 0 Å². The van der Waals surface area contributed by atoms with E-state index in [0.717, 1.165) is 36.9 Å². The summed E-state index contributed by atoms with van der Waals surface area (Å²) in [6.07, 6.45) is 1.63. The van der Waals surface area contributed by atoms with Crippen LogP contribution in [0.5, 0.6) is 0 Å². The molecule has 0 fully saturated rings. The third-order valence-corrected chi connectivity index (χ3v) is 3.31. The van der Waals surface area contributed by atoms with E-state index in [0.29, 0.717) is 11.5 Å². The number of aryl methyl sites for hydroxylation is 1. The molecule has 0 atom stereocenters. The van der Waals surface area contributed by atoms with Gasteiger partial charge in [0, 0.05) is 17.5 Å². The first-order valence-corrected chi connectivity index (χ1v) is 7.08. The summed E-state index contributed by atoms with van der Waals surface area (Å²) in [7, 11) is 0. The Morgan fingerprint density at radius 2 is 1.90 bits per heavy atom. The molecule has 2 aromatic rings. The molecular formula is C16H21F2N3. The van der Waals surface area contributed by atoms with Gasteiger partial charge in [-0.25, -0.2) is 13.8 Å². The van der Waals surface area contributed by atoms with Crippen LogP contribution in [-0.4, -0.2) is 9.55 Å². The quantitative estimate of drug-likeness (QED) is 0.925. The van der Waals surface area contributed by atoms with Gasteiger partial charge in [0.1, 0.15) is 29.0 Å². The number of nitrogens with two attached hydrogens (primary N) is 1. The molecule has 0 amide bonds. The smallest absolute Gasteiger partial charge is 0.132 e. The average Bonchev–Trinajstić information content (AvgIpc) is 2.69. The van der Waals surface area contributed by atoms with Crippen LogP contribution < -0.4 is 5.73 Å². The molecule has 114 valence electrons. The van der Waals surface area contributed by atoms with E-state index in [-0.39, 0.29) is 11.1 Å². The Labute approximate surface area is 123 Å². The highest BCUT2D eigenvalue weighted by molar-refractivity contribution is 5.72. The van der Waals surface area contributed by atoms with Crippen molar-refractivity contribution < 1.29 is 8.78 Å². The number of anilines is 1. The number of aromatic nitrogens is 2. The molecule has 2 rings (SSSR count). The minimum absolute atomic E-state index is 0.104. The zero-order valence-electron chi connectivity index (χ0n) is 12.9. The topological polar surface area (TPSA) is 43.8 Å². The van der Waals surface area contributed by atoms with Crippen LogP contribution in [0.4, 0.5) is 14.6 Å². The van der Waals surface area contributed by atoms with Gasteiger partial charge in [0.2, 0.25) is 0 Å². The summed E-state index contributed by atoms with van der Waals surface area (Å²) >= 11 is 0. The molecule has 0 bridgehead atoms. The average molecular weight is 293 g/mol. The first kappa shape index (κ1) is 15.5. The van der Waals surface area contributed by atoms with Gasteiger partial charge in [-0.15, -0.1) is 0 Å². The van der Waals surface area contributed by atoms with Crippen molar-refractivity contribution in [1.82, 2.24) is 9.55 Å². The van der Waals surface area contributed by atoms with Gasteiger partial charge in [-0.05, 0) is 45.4 Å². The maximum atomic E-state index is 14.0. The van der Waals surface area contributed by atoms with Gasteiger partial charge in [-0.2, -0.15) is 0 Å². The first-order chi connectivity index (χ1) is 9.75. The molecule has 2 N–H and O–H groups in total. The van der Waals surface area contributed by atoms with E-state index in [1.54, 1.807) is 0 Å². The van der Waals surface area contributed by atoms with Crippen LogP contribution in [0.3, 0.4) is 0 Å². The number of hydrogen-bond donors (Lipinski definition) is 1. The Bertz CT molecular complexity index is 654. The Balaban J connectivity index is 2.68. The van der Waals surface area contributed by atoms with Gasteiger partial charge in [0.05, 0.1) is 0 Å². The minimum Gasteiger partial charge on any atom is -0.383 e. The van der Waals surface area contributed by atoms with E-state index in [4.69, 9.17) is 5.73 Å². The molecule has 0 saturated carbocycles. The van der Waals surface area contributed by atoms with Crippen molar-refractivity contribution >= 4 is 5.82 Å². The number of imidazole rings is 1. The van der Waals surface area contributed by atoms with Crippen LogP contribution in [0.2, 0.25) is 0 Å². The Kier molecular flexibility index (Phi) is 4.03. The fourth-order valence-electron chi connectivity index (χ4n) is 2.50. The molecule has 0 radical (unpaired) electrons. The van der Waals surface area contributed by atoms with Crippen molar-refractivity contribution in [3.8, 4) is 11.3 Å². The predicted molar refractivity (Wildman–Crippen MR) is 81.0 cm³/mol. The monoisotopic (exact) mass is 293 g/mol. The molecule has 1 aromatic heterocycles. The highest BCUT2D eigenvalue weighted by atomic mass is 19.1. The fourth-order valence-corrected chi connectivity index (χ4v) is 2.50. The molecule has 0 aliphatic heterocycles. The van der Waals surface area contributed by atoms with Crippen LogP contribution in [-0.2, 0) is 12.0 Å². The van der Waals surface area contributed by atoms with Crippen molar-refractivity contribution in [2.24, 2.45) is 0 Å². The van der Waals surface area contributed by atoms with Gasteiger partial charge in [-0.1, -0.05) is 6.92 Å². The van der Waals surface area contributed by atoms with Gasteiger partial charge in [0.15, 0.2) is 0 Å². The molecule has 1 heterocycles. The zero-order chi connectivity index (χ0) is 15.8. The minimum atomic E-state index is -0.523. The van der Waals surface area contributed by atoms with Crippen LogP contribution in [0.1, 0.15) is 39.9 Å². The van der Waals surface area contributed by atoms with Gasteiger partial charge in [-0.3, -0.25) is 0 Å². The molecule has 5 heteroatoms. The normalized spacial score (nSPS) is 11.9. The zero-order valence-corrected chi connectivity index (χ0v) is 12.9. The fraction of sp³-hybridized carbons (Fsp3) is 0.438. The van der Waals surface area contributed by atoms with Crippen molar-refractivity contribution in [2.75, 3.05) is 5.73 Å². The number of benzene rings is 1. The Hall–Kier alpha value is -1.91. The van der Waals surface area contributed by atoms with Crippen molar-refractivity contribution in [1.29, 1.82) is 0 Å². The number of halogens is 2. The maximum Gasteiger partial charge on any atom is 0.132 e. The predicted octanol–water partition coefficient (Wildman–Crippen LogP) is 4.12. The van der Waals surface area contributed by atoms with Crippen molar-refractivity contribution in [2.45, 2.75) is 46.1 Å². The molecule has 0 aliphatic carbocycles. The number of nitrogens with zero attached hydrogens (tertiary/aromatic N) is 2. The van der Waals surface area contributed by atoms with Gasteiger partial charge >= 0.3 is 0 Å². The van der Waals surface area contributed by atoms with E-state index in [1.807, 2.05) is 32.3 Å². The number of nitrogen functional groups attached to an aromatic ring is 1. The largest absolute Gasteiger partial charge is 0.383 e. The highest BCUT2D eigenvalue weighted by Gasteiger charge is 2.25. The third kappa shape index (κ3) is 2.91. The summed E-state index contributed by atoms with van der Waals surface area (Å²) in [4.78, 5) is 4.47. The summed E-state index contributed by atoms with van der Waals surface area (Å²) in [6.45, 7) is 8.07. The van der Waals surface area contributed by atoms with E-state index >= 15 is 0 Å². The maximum absolute atomic E-state index is 14.0. The number of rotatable bonds is 3. The summed E-state index contributed by atoms with van der Waals surface area (Å²) in [5.41, 5.74) is 6.32. The molecule has 21 heavy (non-hydrogen) atoms. The number of hydrogen-bond acceptors (Lipinski definition) is 2. The highest BCUT2D eigenvalue weighted by Crippen LogP contribution is 2.33. The molecule has 3 nitrogen and oxygen atoms in total. The lowest BCUT2D eigenvalue weighted by molar-refractivity contribution is 0.387. The van der Waals surface area contributed by atoms with Gasteiger partial charge < -0.3 is 10.3 Å². The standard InChI is InChI=1S/C16H21F2N3/c1-5-6-13-20-14(15(19)21(13)16(2,3)4)11-9-10(17)7-8-12(11)18/h7-9H,5-6,19H2,1-4H3. The second kappa shape index (κ2) is 5.47. The first-order valence-electron chi connectivity index (χ1n) is 7.08. The second-order valence-corrected chi connectivity index (χ2v) is 6.14. The van der Waals surface area contributed by atoms with Crippen LogP contribution in [0.15, 0.2) is 18.2 Å². The van der Waals surface area contributed by atoms with Crippen molar-refractivity contribution in [3.63, 3.8) is 0 Å². The summed E-state index contributed by atoms with van der Waals surface area (Å²) in [5.74, 6) is 0.134. The third-order valence-electron chi connectivity index (χ3n) is 3.31. The van der Waals surface area contributed by atoms with E-state index in [9.17, 15) is 8.78 Å². The lowest BCUT2D eigenvalue weighted by Crippen LogP contribution is -2.25. The summed E-state index contributed by atoms with van der Waals surface area (Å²) < 4.78 is 29.3. The Morgan fingerprint density at radius 3 is 2.48 bits per heavy atom. The Morgan fingerprint density at radius 1 is 1.24 bits per heavy atom. The summed E-state index contributed by atoms with van der Waals surface area (Å²) in [6, 6.07) is 3.32. The lowest BCUT2D eigenvalue weighted by atomic mass is 10.1. The molecule has 0 aliphatic rings. The van der Waals surface area contributed by atoms with Gasteiger partial charge in [0.25, 0.3) is 0 Å². The van der Waals surface area contributed by atoms with E-state index in [2.05, 4.69) is 4.98 Å². The molecule has 1 aromatic carbocycles. The van der Waals surface area contributed by atoms with Crippen LogP contribution in [0, 0.1) is 11.6 Å². The van der Waals surface area contributed by atoms with E-state index < -0.39 is 11.6 Å². The van der Waals surface area contributed by atoms with Crippen LogP contribution in [0.25, 0.3) is 11.3 Å². The second-order valence-electron chi connectivity index (χ2n) is 6.14.